The minimum absolute atomic E-state index is 0.193. The average molecular weight is 302 g/mol. The van der Waals surface area contributed by atoms with Gasteiger partial charge in [-0.1, -0.05) is 0 Å². The lowest BCUT2D eigenvalue weighted by molar-refractivity contribution is -0.137. The third kappa shape index (κ3) is 2.14. The summed E-state index contributed by atoms with van der Waals surface area (Å²) in [4.78, 5) is 2.86. The second kappa shape index (κ2) is 4.60. The summed E-state index contributed by atoms with van der Waals surface area (Å²) in [6.45, 7) is 0. The highest BCUT2D eigenvalue weighted by Crippen LogP contribution is 2.38. The molecule has 1 N–H and O–H groups in total. The van der Waals surface area contributed by atoms with Crippen molar-refractivity contribution in [3.63, 3.8) is 0 Å². The minimum Gasteiger partial charge on any atom is -0.381 e. The summed E-state index contributed by atoms with van der Waals surface area (Å²) in [5.41, 5.74) is 0.463. The first-order valence-corrected chi connectivity index (χ1v) is 6.65. The Morgan fingerprint density at radius 1 is 1.35 bits per heavy atom. The molecule has 1 heterocycles. The maximum atomic E-state index is 12.7. The number of methoxy groups -OCH3 is 1. The summed E-state index contributed by atoms with van der Waals surface area (Å²) in [5, 5.41) is 0. The van der Waals surface area contributed by atoms with Gasteiger partial charge in [-0.15, -0.1) is 0 Å². The topological polar surface area (TPSA) is 29.9 Å². The molecule has 0 saturated heterocycles. The van der Waals surface area contributed by atoms with E-state index in [4.69, 9.17) is 17.0 Å². The van der Waals surface area contributed by atoms with Crippen molar-refractivity contribution in [2.24, 2.45) is 0 Å². The molecule has 1 aromatic carbocycles. The molecule has 1 aromatic heterocycles. The van der Waals surface area contributed by atoms with Gasteiger partial charge in [0.25, 0.3) is 0 Å². The molecular formula is C13H13F3N2OS. The van der Waals surface area contributed by atoms with Gasteiger partial charge in [0.2, 0.25) is 0 Å². The molecule has 0 radical (unpaired) electrons. The van der Waals surface area contributed by atoms with Crippen molar-refractivity contribution < 1.29 is 17.9 Å². The van der Waals surface area contributed by atoms with E-state index in [1.54, 1.807) is 7.11 Å². The van der Waals surface area contributed by atoms with E-state index in [-0.39, 0.29) is 12.1 Å². The highest BCUT2D eigenvalue weighted by Gasteiger charge is 2.33. The number of fused-ring (bicyclic) bond motifs is 1. The predicted molar refractivity (Wildman–Crippen MR) is 71.2 cm³/mol. The van der Waals surface area contributed by atoms with Crippen LogP contribution in [0.5, 0.6) is 0 Å². The van der Waals surface area contributed by atoms with Crippen LogP contribution < -0.4 is 0 Å². The van der Waals surface area contributed by atoms with Crippen molar-refractivity contribution in [3.8, 4) is 0 Å². The zero-order chi connectivity index (χ0) is 14.5. The van der Waals surface area contributed by atoms with Gasteiger partial charge < -0.3 is 14.3 Å². The number of nitrogens with zero attached hydrogens (tertiary/aromatic N) is 1. The van der Waals surface area contributed by atoms with E-state index in [2.05, 4.69) is 4.98 Å². The van der Waals surface area contributed by atoms with E-state index in [0.29, 0.717) is 15.8 Å². The largest absolute Gasteiger partial charge is 0.416 e. The molecular weight excluding hydrogens is 289 g/mol. The summed E-state index contributed by atoms with van der Waals surface area (Å²) in [5.74, 6) is 0. The summed E-state index contributed by atoms with van der Waals surface area (Å²) in [6.07, 6.45) is -2.47. The Hall–Kier alpha value is -1.34. The fourth-order valence-corrected chi connectivity index (χ4v) is 2.97. The Labute approximate surface area is 118 Å². The second-order valence-corrected chi connectivity index (χ2v) is 5.40. The lowest BCUT2D eigenvalue weighted by Crippen LogP contribution is -2.32. The molecule has 0 spiro atoms. The van der Waals surface area contributed by atoms with Gasteiger partial charge in [-0.05, 0) is 43.3 Å². The highest BCUT2D eigenvalue weighted by atomic mass is 32.1. The molecule has 1 aliphatic carbocycles. The van der Waals surface area contributed by atoms with Gasteiger partial charge in [0, 0.05) is 13.2 Å². The zero-order valence-corrected chi connectivity index (χ0v) is 11.5. The molecule has 1 fully saturated rings. The molecule has 1 aliphatic rings. The number of alkyl halides is 3. The first-order chi connectivity index (χ1) is 9.40. The lowest BCUT2D eigenvalue weighted by atomic mass is 9.89. The molecule has 7 heteroatoms. The lowest BCUT2D eigenvalue weighted by Gasteiger charge is -2.35. The number of benzene rings is 1. The summed E-state index contributed by atoms with van der Waals surface area (Å²) < 4.78 is 45.6. The third-order valence-corrected chi connectivity index (χ3v) is 4.11. The molecule has 1 saturated carbocycles. The van der Waals surface area contributed by atoms with E-state index < -0.39 is 11.7 Å². The fraction of sp³-hybridized carbons (Fsp3) is 0.462. The number of hydrogen-bond donors (Lipinski definition) is 1. The van der Waals surface area contributed by atoms with Crippen molar-refractivity contribution in [1.29, 1.82) is 0 Å². The molecule has 0 aliphatic heterocycles. The van der Waals surface area contributed by atoms with E-state index in [1.165, 1.54) is 6.07 Å². The van der Waals surface area contributed by atoms with E-state index in [1.807, 2.05) is 4.57 Å². The van der Waals surface area contributed by atoms with Crippen LogP contribution >= 0.6 is 12.2 Å². The second-order valence-electron chi connectivity index (χ2n) is 5.01. The maximum absolute atomic E-state index is 12.7. The molecule has 0 unspecified atom stereocenters. The highest BCUT2D eigenvalue weighted by molar-refractivity contribution is 7.71. The normalized spacial score (nSPS) is 23.0. The van der Waals surface area contributed by atoms with Crippen molar-refractivity contribution in [1.82, 2.24) is 9.55 Å². The van der Waals surface area contributed by atoms with Gasteiger partial charge in [0.15, 0.2) is 4.77 Å². The van der Waals surface area contributed by atoms with E-state index in [0.717, 1.165) is 25.0 Å². The van der Waals surface area contributed by atoms with Gasteiger partial charge in [-0.3, -0.25) is 0 Å². The number of aromatic amines is 1. The van der Waals surface area contributed by atoms with Crippen LogP contribution in [-0.4, -0.2) is 22.8 Å². The van der Waals surface area contributed by atoms with Crippen molar-refractivity contribution in [3.05, 3.63) is 28.5 Å². The van der Waals surface area contributed by atoms with Crippen LogP contribution in [0, 0.1) is 4.77 Å². The van der Waals surface area contributed by atoms with Crippen LogP contribution in [0.1, 0.15) is 24.4 Å². The SMILES string of the molecule is COC1CC(n2c(=S)[nH]c3cc(C(F)(F)F)ccc32)C1. The van der Waals surface area contributed by atoms with Gasteiger partial charge in [-0.2, -0.15) is 13.2 Å². The first kappa shape index (κ1) is 13.6. The van der Waals surface area contributed by atoms with Crippen molar-refractivity contribution in [2.75, 3.05) is 7.11 Å². The van der Waals surface area contributed by atoms with Crippen LogP contribution in [0.15, 0.2) is 18.2 Å². The third-order valence-electron chi connectivity index (χ3n) is 3.81. The number of halogens is 3. The summed E-state index contributed by atoms with van der Waals surface area (Å²) in [6, 6.07) is 3.87. The standard InChI is InChI=1S/C13H13F3N2OS/c1-19-9-5-8(6-9)18-11-3-2-7(13(14,15)16)4-10(11)17-12(18)20/h2-4,8-9H,5-6H2,1H3,(H,17,20). The first-order valence-electron chi connectivity index (χ1n) is 6.24. The van der Waals surface area contributed by atoms with E-state index in [9.17, 15) is 13.2 Å². The van der Waals surface area contributed by atoms with Crippen molar-refractivity contribution >= 4 is 23.3 Å². The van der Waals surface area contributed by atoms with Crippen molar-refractivity contribution in [2.45, 2.75) is 31.2 Å². The van der Waals surface area contributed by atoms with Gasteiger partial charge in [-0.25, -0.2) is 0 Å². The smallest absolute Gasteiger partial charge is 0.381 e. The number of nitrogens with one attached hydrogen (secondary N) is 1. The molecule has 0 atom stereocenters. The van der Waals surface area contributed by atoms with Gasteiger partial charge in [0.05, 0.1) is 22.7 Å². The molecule has 2 aromatic rings. The van der Waals surface area contributed by atoms with Crippen LogP contribution in [0.2, 0.25) is 0 Å². The Kier molecular flexibility index (Phi) is 3.13. The Morgan fingerprint density at radius 2 is 2.05 bits per heavy atom. The summed E-state index contributed by atoms with van der Waals surface area (Å²) in [7, 11) is 1.66. The summed E-state index contributed by atoms with van der Waals surface area (Å²) >= 11 is 5.23. The minimum atomic E-state index is -4.34. The maximum Gasteiger partial charge on any atom is 0.416 e. The number of imidazole rings is 1. The molecule has 0 bridgehead atoms. The molecule has 0 amide bonds. The molecule has 20 heavy (non-hydrogen) atoms. The number of hydrogen-bond acceptors (Lipinski definition) is 2. The molecule has 108 valence electrons. The van der Waals surface area contributed by atoms with Gasteiger partial charge >= 0.3 is 6.18 Å². The quantitative estimate of drug-likeness (QED) is 0.848. The Bertz CT molecular complexity index is 698. The van der Waals surface area contributed by atoms with E-state index >= 15 is 0 Å². The number of rotatable bonds is 2. The van der Waals surface area contributed by atoms with Crippen LogP contribution in [0.4, 0.5) is 13.2 Å². The average Bonchev–Trinajstić information content (AvgIpc) is 2.63. The number of ether oxygens (including phenoxy) is 1. The van der Waals surface area contributed by atoms with Gasteiger partial charge in [0.1, 0.15) is 0 Å². The number of aromatic nitrogens is 2. The molecule has 3 nitrogen and oxygen atoms in total. The Balaban J connectivity index is 2.03. The van der Waals surface area contributed by atoms with Crippen LogP contribution in [0.3, 0.4) is 0 Å². The monoisotopic (exact) mass is 302 g/mol. The fourth-order valence-electron chi connectivity index (χ4n) is 2.61. The zero-order valence-electron chi connectivity index (χ0n) is 10.7. The number of H-pyrrole nitrogens is 1. The van der Waals surface area contributed by atoms with Crippen LogP contribution in [-0.2, 0) is 10.9 Å². The van der Waals surface area contributed by atoms with Crippen LogP contribution in [0.25, 0.3) is 11.0 Å². The Morgan fingerprint density at radius 3 is 2.65 bits per heavy atom. The molecule has 3 rings (SSSR count). The predicted octanol–water partition coefficient (Wildman–Crippen LogP) is 4.07.